The number of hydrogen-bond donors (Lipinski definition) is 1. The van der Waals surface area contributed by atoms with Crippen molar-refractivity contribution in [3.05, 3.63) is 23.3 Å². The van der Waals surface area contributed by atoms with Crippen LogP contribution in [0.25, 0.3) is 0 Å². The van der Waals surface area contributed by atoms with E-state index in [0.29, 0.717) is 5.57 Å². The molecule has 0 rings (SSSR count). The average molecular weight is 192 g/mol. The van der Waals surface area contributed by atoms with Crippen LogP contribution in [-0.4, -0.2) is 12.1 Å². The highest BCUT2D eigenvalue weighted by molar-refractivity contribution is 6.25. The van der Waals surface area contributed by atoms with Crippen molar-refractivity contribution in [2.24, 2.45) is 5.73 Å². The van der Waals surface area contributed by atoms with Crippen molar-refractivity contribution in [3.8, 4) is 0 Å². The highest BCUT2D eigenvalue weighted by Gasteiger charge is 2.00. The first-order valence-electron chi connectivity index (χ1n) is 3.45. The Balaban J connectivity index is 3.95. The summed E-state index contributed by atoms with van der Waals surface area (Å²) in [6, 6.07) is 0. The van der Waals surface area contributed by atoms with Gasteiger partial charge in [-0.2, -0.15) is 0 Å². The average Bonchev–Trinajstić information content (AvgIpc) is 2.00. The number of amides is 1. The predicted octanol–water partition coefficient (Wildman–Crippen LogP) is 1.90. The molecule has 0 heterocycles. The molecule has 4 heteroatoms. The molecule has 0 saturated heterocycles. The van der Waals surface area contributed by atoms with Crippen LogP contribution in [0.3, 0.4) is 0 Å². The summed E-state index contributed by atoms with van der Waals surface area (Å²) in [4.78, 5) is 10.5. The van der Waals surface area contributed by atoms with Crippen molar-refractivity contribution in [1.82, 2.24) is 0 Å². The normalized spacial score (nSPS) is 15.1. The van der Waals surface area contributed by atoms with E-state index < -0.39 is 12.1 Å². The van der Waals surface area contributed by atoms with Crippen LogP contribution in [0.1, 0.15) is 13.3 Å². The Morgan fingerprint density at radius 1 is 1.75 bits per heavy atom. The van der Waals surface area contributed by atoms with E-state index >= 15 is 0 Å². The van der Waals surface area contributed by atoms with Gasteiger partial charge in [-0.05, 0) is 13.0 Å². The lowest BCUT2D eigenvalue weighted by Crippen LogP contribution is -2.11. The molecule has 2 N–H and O–H groups in total. The van der Waals surface area contributed by atoms with Gasteiger partial charge >= 0.3 is 0 Å². The Morgan fingerprint density at radius 3 is 2.75 bits per heavy atom. The van der Waals surface area contributed by atoms with Gasteiger partial charge in [-0.25, -0.2) is 4.39 Å². The van der Waals surface area contributed by atoms with Gasteiger partial charge in [0.2, 0.25) is 5.91 Å². The van der Waals surface area contributed by atoms with Gasteiger partial charge in [0, 0.05) is 17.5 Å². The number of hydrogen-bond acceptors (Lipinski definition) is 1. The van der Waals surface area contributed by atoms with E-state index in [1.807, 2.05) is 0 Å². The van der Waals surface area contributed by atoms with Crippen LogP contribution in [0.4, 0.5) is 4.39 Å². The van der Waals surface area contributed by atoms with Crippen molar-refractivity contribution in [1.29, 1.82) is 0 Å². The number of allylic oxidation sites excluding steroid dienone is 2. The number of rotatable bonds is 4. The minimum Gasteiger partial charge on any atom is -0.366 e. The molecule has 0 fully saturated rings. The Morgan fingerprint density at radius 2 is 2.33 bits per heavy atom. The molecule has 1 atom stereocenters. The monoisotopic (exact) mass is 191 g/mol. The fraction of sp³-hybridized carbons (Fsp3) is 0.375. The summed E-state index contributed by atoms with van der Waals surface area (Å²) in [6.07, 6.45) is 1.62. The summed E-state index contributed by atoms with van der Waals surface area (Å²) in [6.45, 7) is 1.54. The van der Waals surface area contributed by atoms with Crippen molar-refractivity contribution >= 4 is 17.5 Å². The van der Waals surface area contributed by atoms with Gasteiger partial charge in [0.15, 0.2) is 0 Å². The number of nitrogens with two attached hydrogens (primary N) is 1. The Bertz CT molecular complexity index is 213. The molecule has 0 aromatic carbocycles. The molecule has 0 aromatic rings. The molecule has 0 aliphatic heterocycles. The van der Waals surface area contributed by atoms with Gasteiger partial charge in [-0.15, -0.1) is 0 Å². The highest BCUT2D eigenvalue weighted by atomic mass is 35.5. The third-order valence-corrected chi connectivity index (χ3v) is 1.46. The standard InChI is InChI=1S/C8H11ClFNO/c1-6(8(11)12)2-3-7(10)4-5-9/h2,4-5,7H,3H2,1H3,(H2,11,12)/b5-4+,6-2+. The van der Waals surface area contributed by atoms with E-state index in [0.717, 1.165) is 5.54 Å². The third kappa shape index (κ3) is 4.91. The summed E-state index contributed by atoms with van der Waals surface area (Å²) in [5, 5.41) is 0. The minimum absolute atomic E-state index is 0.123. The molecule has 1 amide bonds. The summed E-state index contributed by atoms with van der Waals surface area (Å²) >= 11 is 5.14. The molecule has 0 aliphatic rings. The van der Waals surface area contributed by atoms with E-state index in [1.54, 1.807) is 6.92 Å². The Labute approximate surface area is 75.9 Å². The van der Waals surface area contributed by atoms with Crippen molar-refractivity contribution in [3.63, 3.8) is 0 Å². The van der Waals surface area contributed by atoms with Crippen LogP contribution in [0, 0.1) is 0 Å². The van der Waals surface area contributed by atoms with E-state index in [-0.39, 0.29) is 6.42 Å². The zero-order valence-electron chi connectivity index (χ0n) is 6.76. The number of carbonyl (C=O) groups excluding carboxylic acids is 1. The van der Waals surface area contributed by atoms with E-state index in [4.69, 9.17) is 17.3 Å². The van der Waals surface area contributed by atoms with Crippen LogP contribution >= 0.6 is 11.6 Å². The SMILES string of the molecule is C/C(=C\CC(F)/C=C/Cl)C(N)=O. The largest absolute Gasteiger partial charge is 0.366 e. The Hall–Kier alpha value is -0.830. The molecule has 2 nitrogen and oxygen atoms in total. The molecule has 1 unspecified atom stereocenters. The molecule has 0 radical (unpaired) electrons. The molecule has 0 aromatic heterocycles. The molecule has 12 heavy (non-hydrogen) atoms. The summed E-state index contributed by atoms with van der Waals surface area (Å²) < 4.78 is 12.7. The predicted molar refractivity (Wildman–Crippen MR) is 47.5 cm³/mol. The second kappa shape index (κ2) is 5.77. The highest BCUT2D eigenvalue weighted by Crippen LogP contribution is 2.04. The van der Waals surface area contributed by atoms with Gasteiger partial charge < -0.3 is 5.73 Å². The number of halogens is 2. The first-order valence-corrected chi connectivity index (χ1v) is 3.89. The van der Waals surface area contributed by atoms with Crippen molar-refractivity contribution < 1.29 is 9.18 Å². The van der Waals surface area contributed by atoms with Gasteiger partial charge in [0.25, 0.3) is 0 Å². The first-order chi connectivity index (χ1) is 5.57. The summed E-state index contributed by atoms with van der Waals surface area (Å²) in [5.74, 6) is -0.531. The summed E-state index contributed by atoms with van der Waals surface area (Å²) in [7, 11) is 0. The maximum absolute atomic E-state index is 12.7. The minimum atomic E-state index is -1.16. The zero-order valence-corrected chi connectivity index (χ0v) is 7.51. The number of primary amides is 1. The van der Waals surface area contributed by atoms with Crippen LogP contribution in [0.15, 0.2) is 23.3 Å². The lowest BCUT2D eigenvalue weighted by molar-refractivity contribution is -0.114. The fourth-order valence-electron chi connectivity index (χ4n) is 0.547. The smallest absolute Gasteiger partial charge is 0.244 e. The second-order valence-electron chi connectivity index (χ2n) is 2.32. The first kappa shape index (κ1) is 11.2. The Kier molecular flexibility index (Phi) is 5.37. The van der Waals surface area contributed by atoms with E-state index in [1.165, 1.54) is 12.2 Å². The number of alkyl halides is 1. The lowest BCUT2D eigenvalue weighted by Gasteiger charge is -1.97. The van der Waals surface area contributed by atoms with E-state index in [2.05, 4.69) is 0 Å². The molecule has 68 valence electrons. The molecule has 0 bridgehead atoms. The van der Waals surface area contributed by atoms with Crippen LogP contribution < -0.4 is 5.73 Å². The van der Waals surface area contributed by atoms with Crippen molar-refractivity contribution in [2.45, 2.75) is 19.5 Å². The topological polar surface area (TPSA) is 43.1 Å². The molecule has 0 aliphatic carbocycles. The van der Waals surface area contributed by atoms with Crippen LogP contribution in [0.2, 0.25) is 0 Å². The third-order valence-electron chi connectivity index (χ3n) is 1.32. The maximum atomic E-state index is 12.7. The lowest BCUT2D eigenvalue weighted by atomic mass is 10.2. The van der Waals surface area contributed by atoms with Crippen molar-refractivity contribution in [2.75, 3.05) is 0 Å². The zero-order chi connectivity index (χ0) is 9.56. The second-order valence-corrected chi connectivity index (χ2v) is 2.57. The van der Waals surface area contributed by atoms with Crippen LogP contribution in [-0.2, 0) is 4.79 Å². The van der Waals surface area contributed by atoms with Crippen LogP contribution in [0.5, 0.6) is 0 Å². The van der Waals surface area contributed by atoms with Gasteiger partial charge in [-0.1, -0.05) is 17.7 Å². The van der Waals surface area contributed by atoms with Gasteiger partial charge in [-0.3, -0.25) is 4.79 Å². The number of carbonyl (C=O) groups is 1. The molecule has 0 saturated carbocycles. The summed E-state index contributed by atoms with van der Waals surface area (Å²) in [5.41, 5.74) is 6.39. The van der Waals surface area contributed by atoms with E-state index in [9.17, 15) is 9.18 Å². The van der Waals surface area contributed by atoms with Gasteiger partial charge in [0.05, 0.1) is 0 Å². The quantitative estimate of drug-likeness (QED) is 0.678. The van der Waals surface area contributed by atoms with Gasteiger partial charge in [0.1, 0.15) is 6.17 Å². The maximum Gasteiger partial charge on any atom is 0.244 e. The molecule has 0 spiro atoms. The molecular formula is C8H11ClFNO. The molecular weight excluding hydrogens is 181 g/mol. The fourth-order valence-corrected chi connectivity index (χ4v) is 0.705.